The zero-order chi connectivity index (χ0) is 14.2. The first-order valence-corrected chi connectivity index (χ1v) is 8.87. The topological polar surface area (TPSA) is 90.0 Å². The molecule has 1 aromatic heterocycles. The van der Waals surface area contributed by atoms with Crippen LogP contribution in [0, 0.1) is 5.92 Å². The van der Waals surface area contributed by atoms with Crippen molar-refractivity contribution in [3.63, 3.8) is 0 Å². The van der Waals surface area contributed by atoms with E-state index in [2.05, 4.69) is 9.71 Å². The van der Waals surface area contributed by atoms with Crippen molar-refractivity contribution in [3.05, 3.63) is 12.0 Å². The fraction of sp³-hybridized carbons (Fsp3) is 0.769. The number of sulfonamides is 1. The number of rotatable bonds is 4. The fourth-order valence-corrected chi connectivity index (χ4v) is 4.86. The zero-order valence-corrected chi connectivity index (χ0v) is 13.6. The molecule has 1 aliphatic heterocycles. The molecule has 6 nitrogen and oxygen atoms in total. The monoisotopic (exact) mass is 334 g/mol. The molecular weight excluding hydrogens is 312 g/mol. The van der Waals surface area contributed by atoms with Crippen LogP contribution < -0.4 is 10.5 Å². The molecule has 0 spiro atoms. The van der Waals surface area contributed by atoms with Crippen LogP contribution in [0.3, 0.4) is 0 Å². The van der Waals surface area contributed by atoms with E-state index in [-0.39, 0.29) is 24.4 Å². The highest BCUT2D eigenvalue weighted by molar-refractivity contribution is 7.89. The molecule has 120 valence electrons. The van der Waals surface area contributed by atoms with Gasteiger partial charge in [-0.05, 0) is 31.7 Å². The lowest BCUT2D eigenvalue weighted by atomic mass is 9.85. The van der Waals surface area contributed by atoms with Gasteiger partial charge >= 0.3 is 0 Å². The Morgan fingerprint density at radius 2 is 2.10 bits per heavy atom. The predicted octanol–water partition coefficient (Wildman–Crippen LogP) is 1.05. The second-order valence-electron chi connectivity index (χ2n) is 5.78. The van der Waals surface area contributed by atoms with Crippen LogP contribution in [0.1, 0.15) is 37.9 Å². The summed E-state index contributed by atoms with van der Waals surface area (Å²) in [7, 11) is -3.49. The Kier molecular flexibility index (Phi) is 5.29. The molecule has 1 saturated carbocycles. The molecule has 1 aromatic rings. The molecule has 0 bridgehead atoms. The Labute approximate surface area is 132 Å². The molecule has 3 N–H and O–H groups in total. The van der Waals surface area contributed by atoms with E-state index >= 15 is 0 Å². The third-order valence-electron chi connectivity index (χ3n) is 4.48. The van der Waals surface area contributed by atoms with Gasteiger partial charge in [-0.3, -0.25) is 0 Å². The van der Waals surface area contributed by atoms with Crippen LogP contribution in [0.5, 0.6) is 0 Å². The van der Waals surface area contributed by atoms with Crippen molar-refractivity contribution < 1.29 is 8.42 Å². The molecule has 0 amide bonds. The Morgan fingerprint density at radius 1 is 1.33 bits per heavy atom. The molecule has 0 radical (unpaired) electrons. The average Bonchev–Trinajstić information content (AvgIpc) is 3.00. The molecule has 2 heterocycles. The number of aromatic nitrogens is 2. The molecule has 2 unspecified atom stereocenters. The minimum Gasteiger partial charge on any atom is -0.330 e. The number of halogens is 1. The fourth-order valence-electron chi connectivity index (χ4n) is 3.35. The third kappa shape index (κ3) is 3.26. The van der Waals surface area contributed by atoms with Crippen LogP contribution in [-0.2, 0) is 23.0 Å². The lowest BCUT2D eigenvalue weighted by molar-refractivity contribution is 0.295. The number of fused-ring (bicyclic) bond motifs is 1. The first-order chi connectivity index (χ1) is 9.62. The standard InChI is InChI=1S/C13H22N4O2S.ClH/c14-8-10-4-1-2-5-11(10)16-20(18,19)13-9-15-12-6-3-7-17(12)13;/h9-11,16H,1-8,14H2;1H. The summed E-state index contributed by atoms with van der Waals surface area (Å²) in [5, 5.41) is 0.311. The smallest absolute Gasteiger partial charge is 0.258 e. The second kappa shape index (κ2) is 6.64. The predicted molar refractivity (Wildman–Crippen MR) is 82.9 cm³/mol. The van der Waals surface area contributed by atoms with E-state index in [1.54, 1.807) is 0 Å². The van der Waals surface area contributed by atoms with Crippen LogP contribution in [0.2, 0.25) is 0 Å². The van der Waals surface area contributed by atoms with Crippen molar-refractivity contribution in [1.29, 1.82) is 0 Å². The van der Waals surface area contributed by atoms with E-state index in [9.17, 15) is 8.42 Å². The van der Waals surface area contributed by atoms with Crippen molar-refractivity contribution >= 4 is 22.4 Å². The number of hydrogen-bond acceptors (Lipinski definition) is 4. The molecule has 2 atom stereocenters. The van der Waals surface area contributed by atoms with Gasteiger partial charge in [-0.2, -0.15) is 0 Å². The summed E-state index contributed by atoms with van der Waals surface area (Å²) < 4.78 is 29.8. The summed E-state index contributed by atoms with van der Waals surface area (Å²) >= 11 is 0. The van der Waals surface area contributed by atoms with Gasteiger partial charge in [-0.15, -0.1) is 12.4 Å². The third-order valence-corrected chi connectivity index (χ3v) is 5.97. The molecule has 8 heteroatoms. The van der Waals surface area contributed by atoms with Crippen LogP contribution in [0.15, 0.2) is 11.2 Å². The highest BCUT2D eigenvalue weighted by Gasteiger charge is 2.31. The van der Waals surface area contributed by atoms with Gasteiger partial charge in [0.05, 0.1) is 6.20 Å². The first-order valence-electron chi connectivity index (χ1n) is 7.38. The summed E-state index contributed by atoms with van der Waals surface area (Å²) in [4.78, 5) is 4.21. The zero-order valence-electron chi connectivity index (χ0n) is 12.0. The van der Waals surface area contributed by atoms with Crippen LogP contribution in [-0.4, -0.2) is 30.6 Å². The number of nitrogens with two attached hydrogens (primary N) is 1. The van der Waals surface area contributed by atoms with Gasteiger partial charge < -0.3 is 10.3 Å². The van der Waals surface area contributed by atoms with Crippen LogP contribution >= 0.6 is 12.4 Å². The Hall–Kier alpha value is -0.630. The van der Waals surface area contributed by atoms with E-state index in [1.807, 2.05) is 4.57 Å². The van der Waals surface area contributed by atoms with Gasteiger partial charge in [-0.1, -0.05) is 12.8 Å². The van der Waals surface area contributed by atoms with Crippen LogP contribution in [0.4, 0.5) is 0 Å². The highest BCUT2D eigenvalue weighted by Crippen LogP contribution is 2.26. The number of imidazole rings is 1. The summed E-state index contributed by atoms with van der Waals surface area (Å²) in [5.41, 5.74) is 5.77. The molecule has 21 heavy (non-hydrogen) atoms. The molecule has 3 rings (SSSR count). The van der Waals surface area contributed by atoms with Gasteiger partial charge in [0, 0.05) is 19.0 Å². The number of nitrogens with zero attached hydrogens (tertiary/aromatic N) is 2. The van der Waals surface area contributed by atoms with E-state index in [0.29, 0.717) is 11.6 Å². The van der Waals surface area contributed by atoms with Gasteiger partial charge in [0.2, 0.25) is 0 Å². The highest BCUT2D eigenvalue weighted by atomic mass is 35.5. The molecule has 2 aliphatic rings. The Balaban J connectivity index is 0.00000161. The molecule has 0 aromatic carbocycles. The molecule has 0 saturated heterocycles. The minimum atomic E-state index is -3.49. The normalized spacial score (nSPS) is 25.4. The molecule has 1 aliphatic carbocycles. The maximum Gasteiger partial charge on any atom is 0.258 e. The molecular formula is C13H23ClN4O2S. The van der Waals surface area contributed by atoms with E-state index in [1.165, 1.54) is 6.20 Å². The van der Waals surface area contributed by atoms with Gasteiger partial charge in [0.15, 0.2) is 5.03 Å². The SMILES string of the molecule is Cl.NCC1CCCCC1NS(=O)(=O)c1cnc2n1CCC2. The lowest BCUT2D eigenvalue weighted by Crippen LogP contribution is -2.45. The van der Waals surface area contributed by atoms with E-state index in [0.717, 1.165) is 50.9 Å². The summed E-state index contributed by atoms with van der Waals surface area (Å²) in [6.07, 6.45) is 7.41. The number of nitrogens with one attached hydrogen (secondary N) is 1. The first kappa shape index (κ1) is 16.7. The number of aryl methyl sites for hydroxylation is 1. The lowest BCUT2D eigenvalue weighted by Gasteiger charge is -2.31. The van der Waals surface area contributed by atoms with Crippen molar-refractivity contribution in [2.24, 2.45) is 11.7 Å². The summed E-state index contributed by atoms with van der Waals surface area (Å²) in [5.74, 6) is 1.13. The second-order valence-corrected chi connectivity index (χ2v) is 7.44. The minimum absolute atomic E-state index is 0. The maximum absolute atomic E-state index is 12.6. The van der Waals surface area contributed by atoms with Gasteiger partial charge in [0.25, 0.3) is 10.0 Å². The van der Waals surface area contributed by atoms with Crippen molar-refractivity contribution in [2.75, 3.05) is 6.54 Å². The summed E-state index contributed by atoms with van der Waals surface area (Å²) in [6.45, 7) is 1.29. The summed E-state index contributed by atoms with van der Waals surface area (Å²) in [6, 6.07) is -0.0358. The largest absolute Gasteiger partial charge is 0.330 e. The van der Waals surface area contributed by atoms with Gasteiger partial charge in [0.1, 0.15) is 5.82 Å². The Morgan fingerprint density at radius 3 is 2.86 bits per heavy atom. The average molecular weight is 335 g/mol. The van der Waals surface area contributed by atoms with Gasteiger partial charge in [-0.25, -0.2) is 18.1 Å². The van der Waals surface area contributed by atoms with Crippen molar-refractivity contribution in [2.45, 2.75) is 56.1 Å². The number of hydrogen-bond donors (Lipinski definition) is 2. The van der Waals surface area contributed by atoms with Crippen LogP contribution in [0.25, 0.3) is 0 Å². The van der Waals surface area contributed by atoms with Crippen molar-refractivity contribution in [3.8, 4) is 0 Å². The van der Waals surface area contributed by atoms with E-state index in [4.69, 9.17) is 5.73 Å². The van der Waals surface area contributed by atoms with E-state index < -0.39 is 10.0 Å². The maximum atomic E-state index is 12.6. The quantitative estimate of drug-likeness (QED) is 0.861. The molecule has 1 fully saturated rings. The van der Waals surface area contributed by atoms with Crippen molar-refractivity contribution in [1.82, 2.24) is 14.3 Å². The Bertz CT molecular complexity index is 587.